The molecule has 0 bridgehead atoms. The number of thiazole rings is 1. The molecule has 0 spiro atoms. The number of nitrogens with zero attached hydrogens (tertiary/aromatic N) is 4. The van der Waals surface area contributed by atoms with Gasteiger partial charge in [0, 0.05) is 0 Å². The van der Waals surface area contributed by atoms with Gasteiger partial charge in [-0.05, 0) is 30.7 Å². The summed E-state index contributed by atoms with van der Waals surface area (Å²) in [6, 6.07) is 7.90. The minimum Gasteiger partial charge on any atom is -0.477 e. The average Bonchev–Trinajstić information content (AvgIpc) is 3.15. The third kappa shape index (κ3) is 2.94. The quantitative estimate of drug-likeness (QED) is 0.801. The fourth-order valence-electron chi connectivity index (χ4n) is 1.91. The number of carbonyl (C=O) groups is 1. The lowest BCUT2D eigenvalue weighted by molar-refractivity contribution is 0.0702. The second-order valence-corrected chi connectivity index (χ2v) is 5.64. The van der Waals surface area contributed by atoms with Crippen LogP contribution in [0.25, 0.3) is 17.8 Å². The van der Waals surface area contributed by atoms with Crippen LogP contribution in [0.2, 0.25) is 0 Å². The molecule has 1 aromatic carbocycles. The first-order valence-corrected chi connectivity index (χ1v) is 7.31. The highest BCUT2D eigenvalue weighted by Crippen LogP contribution is 2.16. The molecule has 3 rings (SSSR count). The van der Waals surface area contributed by atoms with E-state index >= 15 is 0 Å². The Kier molecular flexibility index (Phi) is 3.80. The summed E-state index contributed by atoms with van der Waals surface area (Å²) in [6.45, 7) is 2.01. The van der Waals surface area contributed by atoms with E-state index in [4.69, 9.17) is 5.11 Å². The molecule has 3 aromatic rings. The number of hydrogen-bond donors (Lipinski definition) is 1. The number of rotatable bonds is 4. The van der Waals surface area contributed by atoms with Gasteiger partial charge >= 0.3 is 5.97 Å². The summed E-state index contributed by atoms with van der Waals surface area (Å²) in [7, 11) is 0. The highest BCUT2D eigenvalue weighted by atomic mass is 32.1. The SMILES string of the molecule is Cc1ccccc1-n1cc(/C=C/c2ncc(C(=O)O)s2)nn1. The summed E-state index contributed by atoms with van der Waals surface area (Å²) in [4.78, 5) is 15.0. The van der Waals surface area contributed by atoms with Crippen molar-refractivity contribution >= 4 is 29.5 Å². The molecular formula is C15H12N4O2S. The number of aryl methyl sites for hydroxylation is 1. The van der Waals surface area contributed by atoms with Crippen LogP contribution in [0.5, 0.6) is 0 Å². The Bertz CT molecular complexity index is 851. The summed E-state index contributed by atoms with van der Waals surface area (Å²) in [6.07, 6.45) is 6.64. The first kappa shape index (κ1) is 14.2. The molecule has 110 valence electrons. The van der Waals surface area contributed by atoms with Crippen LogP contribution >= 0.6 is 11.3 Å². The van der Waals surface area contributed by atoms with Crippen molar-refractivity contribution in [3.05, 3.63) is 57.8 Å². The lowest BCUT2D eigenvalue weighted by Gasteiger charge is -2.02. The molecule has 1 N–H and O–H groups in total. The van der Waals surface area contributed by atoms with Crippen LogP contribution in [0.1, 0.15) is 25.9 Å². The van der Waals surface area contributed by atoms with Gasteiger partial charge in [0.05, 0.1) is 18.1 Å². The lowest BCUT2D eigenvalue weighted by Crippen LogP contribution is -1.96. The molecule has 0 aliphatic heterocycles. The largest absolute Gasteiger partial charge is 0.477 e. The number of hydrogen-bond acceptors (Lipinski definition) is 5. The second kappa shape index (κ2) is 5.90. The molecule has 2 heterocycles. The Hall–Kier alpha value is -2.80. The second-order valence-electron chi connectivity index (χ2n) is 4.58. The van der Waals surface area contributed by atoms with E-state index in [1.807, 2.05) is 37.4 Å². The van der Waals surface area contributed by atoms with Crippen molar-refractivity contribution in [2.45, 2.75) is 6.92 Å². The van der Waals surface area contributed by atoms with Crippen molar-refractivity contribution in [1.82, 2.24) is 20.0 Å². The van der Waals surface area contributed by atoms with Gasteiger partial charge in [-0.25, -0.2) is 14.5 Å². The third-order valence-electron chi connectivity index (χ3n) is 3.00. The molecule has 0 saturated heterocycles. The Morgan fingerprint density at radius 2 is 2.14 bits per heavy atom. The first-order valence-electron chi connectivity index (χ1n) is 6.49. The van der Waals surface area contributed by atoms with Crippen molar-refractivity contribution < 1.29 is 9.90 Å². The summed E-state index contributed by atoms with van der Waals surface area (Å²) >= 11 is 1.11. The minimum atomic E-state index is -0.970. The molecular weight excluding hydrogens is 300 g/mol. The van der Waals surface area contributed by atoms with E-state index in [2.05, 4.69) is 15.3 Å². The van der Waals surface area contributed by atoms with Crippen molar-refractivity contribution in [2.75, 3.05) is 0 Å². The molecule has 2 aromatic heterocycles. The van der Waals surface area contributed by atoms with Crippen LogP contribution in [0.3, 0.4) is 0 Å². The maximum absolute atomic E-state index is 10.8. The van der Waals surface area contributed by atoms with Crippen LogP contribution < -0.4 is 0 Å². The summed E-state index contributed by atoms with van der Waals surface area (Å²) in [5.41, 5.74) is 2.75. The van der Waals surface area contributed by atoms with Gasteiger partial charge in [-0.15, -0.1) is 16.4 Å². The van der Waals surface area contributed by atoms with E-state index in [9.17, 15) is 4.79 Å². The predicted octanol–water partition coefficient (Wildman–Crippen LogP) is 2.90. The number of para-hydroxylation sites is 1. The Morgan fingerprint density at radius 3 is 2.86 bits per heavy atom. The third-order valence-corrected chi connectivity index (χ3v) is 3.95. The Morgan fingerprint density at radius 1 is 1.32 bits per heavy atom. The molecule has 0 unspecified atom stereocenters. The number of benzene rings is 1. The molecule has 0 atom stereocenters. The Balaban J connectivity index is 1.80. The smallest absolute Gasteiger partial charge is 0.347 e. The van der Waals surface area contributed by atoms with Crippen LogP contribution in [-0.2, 0) is 0 Å². The number of aromatic nitrogens is 4. The van der Waals surface area contributed by atoms with E-state index in [-0.39, 0.29) is 4.88 Å². The van der Waals surface area contributed by atoms with Gasteiger partial charge in [0.15, 0.2) is 0 Å². The fraction of sp³-hybridized carbons (Fsp3) is 0.0667. The zero-order chi connectivity index (χ0) is 15.5. The molecule has 0 aliphatic rings. The zero-order valence-electron chi connectivity index (χ0n) is 11.7. The van der Waals surface area contributed by atoms with Crippen LogP contribution in [0.15, 0.2) is 36.7 Å². The van der Waals surface area contributed by atoms with Gasteiger partial charge in [0.25, 0.3) is 0 Å². The van der Waals surface area contributed by atoms with Crippen molar-refractivity contribution in [3.8, 4) is 5.69 Å². The fourth-order valence-corrected chi connectivity index (χ4v) is 2.57. The highest BCUT2D eigenvalue weighted by molar-refractivity contribution is 7.14. The van der Waals surface area contributed by atoms with Gasteiger partial charge in [0.2, 0.25) is 0 Å². The summed E-state index contributed by atoms with van der Waals surface area (Å²) in [5.74, 6) is -0.970. The van der Waals surface area contributed by atoms with Gasteiger partial charge in [-0.3, -0.25) is 0 Å². The predicted molar refractivity (Wildman–Crippen MR) is 84.1 cm³/mol. The van der Waals surface area contributed by atoms with Crippen molar-refractivity contribution in [2.24, 2.45) is 0 Å². The van der Waals surface area contributed by atoms with Gasteiger partial charge in [-0.2, -0.15) is 0 Å². The number of aromatic carboxylic acids is 1. The summed E-state index contributed by atoms with van der Waals surface area (Å²) < 4.78 is 1.71. The van der Waals surface area contributed by atoms with E-state index in [0.717, 1.165) is 22.6 Å². The monoisotopic (exact) mass is 312 g/mol. The standard InChI is InChI=1S/C15H12N4O2S/c1-10-4-2-3-5-12(10)19-9-11(17-18-19)6-7-14-16-8-13(22-14)15(20)21/h2-9H,1H3,(H,20,21)/b7-6+. The van der Waals surface area contributed by atoms with E-state index in [1.165, 1.54) is 6.20 Å². The van der Waals surface area contributed by atoms with Gasteiger partial charge in [-0.1, -0.05) is 23.4 Å². The summed E-state index contributed by atoms with van der Waals surface area (Å²) in [5, 5.41) is 17.6. The molecule has 0 saturated carbocycles. The zero-order valence-corrected chi connectivity index (χ0v) is 12.5. The van der Waals surface area contributed by atoms with Crippen LogP contribution in [0.4, 0.5) is 0 Å². The maximum Gasteiger partial charge on any atom is 0.347 e. The normalized spacial score (nSPS) is 11.1. The van der Waals surface area contributed by atoms with Gasteiger partial charge < -0.3 is 5.11 Å². The van der Waals surface area contributed by atoms with Crippen molar-refractivity contribution in [3.63, 3.8) is 0 Å². The molecule has 7 heteroatoms. The first-order chi connectivity index (χ1) is 10.6. The van der Waals surface area contributed by atoms with E-state index < -0.39 is 5.97 Å². The Labute approximate surface area is 130 Å². The molecule has 0 radical (unpaired) electrons. The average molecular weight is 312 g/mol. The highest BCUT2D eigenvalue weighted by Gasteiger charge is 2.07. The molecule has 0 aliphatic carbocycles. The lowest BCUT2D eigenvalue weighted by atomic mass is 10.2. The van der Waals surface area contributed by atoms with E-state index in [1.54, 1.807) is 16.8 Å². The number of carboxylic acids is 1. The number of carboxylic acid groups (broad SMARTS) is 1. The van der Waals surface area contributed by atoms with Crippen LogP contribution in [-0.4, -0.2) is 31.1 Å². The van der Waals surface area contributed by atoms with Gasteiger partial charge in [0.1, 0.15) is 15.6 Å². The maximum atomic E-state index is 10.8. The minimum absolute atomic E-state index is 0.211. The van der Waals surface area contributed by atoms with Crippen molar-refractivity contribution in [1.29, 1.82) is 0 Å². The van der Waals surface area contributed by atoms with Crippen LogP contribution in [0, 0.1) is 6.92 Å². The molecule has 22 heavy (non-hydrogen) atoms. The molecule has 0 fully saturated rings. The topological polar surface area (TPSA) is 80.9 Å². The molecule has 6 nitrogen and oxygen atoms in total. The molecule has 0 amide bonds. The van der Waals surface area contributed by atoms with E-state index in [0.29, 0.717) is 10.7 Å².